The SMILES string of the molecule is COc1cccc([C@H]2C3=CC[C@@H]4C(=O)N(CCCCCC(=O)O)C(=O)[C@@H]4[C@@H]3C[C@H]3C(=O)N(c4cc(-c5sc6ccc(Cl)cc6c5C)nn4C)C(=O)[C@@]23C)c1O. The Morgan fingerprint density at radius 3 is 2.58 bits per heavy atom. The van der Waals surface area contributed by atoms with Gasteiger partial charge in [0.25, 0.3) is 0 Å². The van der Waals surface area contributed by atoms with Crippen LogP contribution in [-0.2, 0) is 31.0 Å². The lowest BCUT2D eigenvalue weighted by molar-refractivity contribution is -0.141. The third kappa shape index (κ3) is 5.60. The number of ether oxygens (including phenoxy) is 1. The summed E-state index contributed by atoms with van der Waals surface area (Å²) < 4.78 is 8.06. The highest BCUT2D eigenvalue weighted by Gasteiger charge is 2.68. The number of aromatic nitrogens is 2. The van der Waals surface area contributed by atoms with Gasteiger partial charge in [-0.3, -0.25) is 33.6 Å². The van der Waals surface area contributed by atoms with E-state index in [0.717, 1.165) is 26.1 Å². The van der Waals surface area contributed by atoms with Crippen molar-refractivity contribution >= 4 is 68.4 Å². The van der Waals surface area contributed by atoms with E-state index in [9.17, 15) is 24.3 Å². The summed E-state index contributed by atoms with van der Waals surface area (Å²) in [6, 6.07) is 12.5. The molecule has 1 saturated carbocycles. The number of aromatic hydroxyl groups is 1. The van der Waals surface area contributed by atoms with Crippen molar-refractivity contribution < 1.29 is 38.9 Å². The number of carboxylic acids is 1. The number of anilines is 1. The van der Waals surface area contributed by atoms with Crippen molar-refractivity contribution in [1.29, 1.82) is 0 Å². The number of thiophene rings is 1. The number of phenols is 1. The number of imide groups is 2. The molecular weight excluding hydrogens is 744 g/mol. The van der Waals surface area contributed by atoms with Crippen LogP contribution in [0.2, 0.25) is 5.02 Å². The monoisotopic (exact) mass is 784 g/mol. The Balaban J connectivity index is 1.19. The Hall–Kier alpha value is -5.01. The summed E-state index contributed by atoms with van der Waals surface area (Å²) in [4.78, 5) is 72.3. The van der Waals surface area contributed by atoms with Gasteiger partial charge in [0.1, 0.15) is 11.5 Å². The molecule has 2 aliphatic carbocycles. The quantitative estimate of drug-likeness (QED) is 0.0996. The summed E-state index contributed by atoms with van der Waals surface area (Å²) >= 11 is 7.86. The zero-order chi connectivity index (χ0) is 39.1. The Labute approximate surface area is 326 Å². The number of carbonyl (C=O) groups is 5. The summed E-state index contributed by atoms with van der Waals surface area (Å²) in [6.07, 6.45) is 3.89. The van der Waals surface area contributed by atoms with Crippen LogP contribution in [0.5, 0.6) is 11.5 Å². The van der Waals surface area contributed by atoms with E-state index in [-0.39, 0.29) is 49.1 Å². The third-order valence-electron chi connectivity index (χ3n) is 12.4. The molecule has 2 aromatic carbocycles. The van der Waals surface area contributed by atoms with Gasteiger partial charge in [-0.2, -0.15) is 5.10 Å². The molecule has 2 N–H and O–H groups in total. The lowest BCUT2D eigenvalue weighted by atomic mass is 9.51. The summed E-state index contributed by atoms with van der Waals surface area (Å²) in [5.41, 5.74) is 1.37. The van der Waals surface area contributed by atoms with E-state index >= 15 is 4.79 Å². The first-order chi connectivity index (χ1) is 26.3. The van der Waals surface area contributed by atoms with Crippen LogP contribution in [-0.4, -0.2) is 68.1 Å². The van der Waals surface area contributed by atoms with Crippen molar-refractivity contribution in [2.75, 3.05) is 18.6 Å². The number of hydrogen-bond acceptors (Lipinski definition) is 9. The maximum atomic E-state index is 15.1. The Kier molecular flexibility index (Phi) is 9.15. The molecule has 2 aliphatic heterocycles. The number of carboxylic acid groups (broad SMARTS) is 1. The van der Waals surface area contributed by atoms with Gasteiger partial charge in [0.2, 0.25) is 23.6 Å². The van der Waals surface area contributed by atoms with Gasteiger partial charge in [-0.25, -0.2) is 4.90 Å². The largest absolute Gasteiger partial charge is 0.504 e. The van der Waals surface area contributed by atoms with E-state index in [1.165, 1.54) is 21.6 Å². The molecule has 6 atom stereocenters. The number of carbonyl (C=O) groups excluding carboxylic acids is 4. The number of nitrogens with zero attached hydrogens (tertiary/aromatic N) is 4. The minimum atomic E-state index is -1.37. The molecule has 0 radical (unpaired) electrons. The van der Waals surface area contributed by atoms with E-state index in [2.05, 4.69) is 0 Å². The van der Waals surface area contributed by atoms with E-state index in [0.29, 0.717) is 41.4 Å². The van der Waals surface area contributed by atoms with Gasteiger partial charge in [0.15, 0.2) is 11.5 Å². The summed E-state index contributed by atoms with van der Waals surface area (Å²) in [6.45, 7) is 3.95. The van der Waals surface area contributed by atoms with Crippen LogP contribution in [0.1, 0.15) is 62.5 Å². The predicted octanol–water partition coefficient (Wildman–Crippen LogP) is 6.85. The molecule has 2 aromatic heterocycles. The maximum Gasteiger partial charge on any atom is 0.303 e. The van der Waals surface area contributed by atoms with Crippen molar-refractivity contribution in [1.82, 2.24) is 14.7 Å². The number of unbranched alkanes of at least 4 members (excludes halogenated alkanes) is 2. The molecule has 0 spiro atoms. The minimum absolute atomic E-state index is 0.0190. The number of benzene rings is 2. The standard InChI is InChI=1S/C41H41ClN4O8S/c1-20-25-17-21(42)12-15-30(25)55-36(20)28-19-31(44(3)43-28)46-38(51)27-18-26-22(34(41(27,2)40(46)53)24-9-8-10-29(54-4)35(24)49)13-14-23-33(26)39(52)45(37(23)50)16-7-5-6-11-32(47)48/h8-10,12-13,15,17,19,23,26-27,33-34,49H,5-7,11,14,16,18H2,1-4H3,(H,47,48)/t23-,26+,27-,33-,34+,41+/m0/s1. The van der Waals surface area contributed by atoms with Crippen molar-refractivity contribution in [3.05, 3.63) is 70.3 Å². The Bertz CT molecular complexity index is 2350. The highest BCUT2D eigenvalue weighted by Crippen LogP contribution is 2.65. The first-order valence-corrected chi connectivity index (χ1v) is 19.7. The molecule has 4 heterocycles. The maximum absolute atomic E-state index is 15.1. The molecule has 3 fully saturated rings. The second-order valence-corrected chi connectivity index (χ2v) is 16.8. The number of amides is 4. The minimum Gasteiger partial charge on any atom is -0.504 e. The van der Waals surface area contributed by atoms with Crippen LogP contribution in [0.3, 0.4) is 0 Å². The van der Waals surface area contributed by atoms with Crippen LogP contribution < -0.4 is 9.64 Å². The third-order valence-corrected chi connectivity index (χ3v) is 13.9. The molecular formula is C41H41ClN4O8S. The fourth-order valence-electron chi connectivity index (χ4n) is 9.74. The van der Waals surface area contributed by atoms with Crippen LogP contribution >= 0.6 is 22.9 Å². The summed E-state index contributed by atoms with van der Waals surface area (Å²) in [5, 5.41) is 27.0. The van der Waals surface area contributed by atoms with Crippen LogP contribution in [0.15, 0.2) is 54.1 Å². The number of halogens is 1. The van der Waals surface area contributed by atoms with Crippen molar-refractivity contribution in [3.63, 3.8) is 0 Å². The molecule has 0 unspecified atom stereocenters. The van der Waals surface area contributed by atoms with E-state index in [4.69, 9.17) is 26.5 Å². The normalized spacial score (nSPS) is 26.1. The second-order valence-electron chi connectivity index (χ2n) is 15.3. The first-order valence-electron chi connectivity index (χ1n) is 18.5. The molecule has 2 saturated heterocycles. The average molecular weight is 785 g/mol. The van der Waals surface area contributed by atoms with Crippen molar-refractivity contribution in [3.8, 4) is 22.1 Å². The van der Waals surface area contributed by atoms with Gasteiger partial charge < -0.3 is 14.9 Å². The highest BCUT2D eigenvalue weighted by molar-refractivity contribution is 7.22. The molecule has 8 rings (SSSR count). The number of fused-ring (bicyclic) bond motifs is 5. The number of allylic oxidation sites excluding steroid dienone is 2. The molecule has 0 bridgehead atoms. The Morgan fingerprint density at radius 2 is 1.84 bits per heavy atom. The van der Waals surface area contributed by atoms with Gasteiger partial charge in [-0.1, -0.05) is 41.8 Å². The van der Waals surface area contributed by atoms with Crippen LogP contribution in [0.4, 0.5) is 5.82 Å². The number of aliphatic carboxylic acids is 1. The lowest BCUT2D eigenvalue weighted by Crippen LogP contribution is -2.49. The van der Waals surface area contributed by atoms with Gasteiger partial charge in [0, 0.05) is 47.3 Å². The molecule has 12 nitrogen and oxygen atoms in total. The molecule has 4 aliphatic rings. The molecule has 55 heavy (non-hydrogen) atoms. The van der Waals surface area contributed by atoms with Crippen molar-refractivity contribution in [2.24, 2.45) is 36.1 Å². The number of methoxy groups -OCH3 is 1. The van der Waals surface area contributed by atoms with E-state index in [1.807, 2.05) is 31.2 Å². The fourth-order valence-corrected chi connectivity index (χ4v) is 11.1. The van der Waals surface area contributed by atoms with E-state index < -0.39 is 52.8 Å². The number of rotatable bonds is 10. The van der Waals surface area contributed by atoms with Crippen LogP contribution in [0, 0.1) is 36.0 Å². The van der Waals surface area contributed by atoms with Crippen molar-refractivity contribution in [2.45, 2.75) is 58.3 Å². The number of phenolic OH excluding ortho intramolecular Hbond substituents is 1. The van der Waals surface area contributed by atoms with E-state index in [1.54, 1.807) is 49.6 Å². The number of hydrogen-bond donors (Lipinski definition) is 2. The predicted molar refractivity (Wildman–Crippen MR) is 206 cm³/mol. The fraction of sp³-hybridized carbons (Fsp3) is 0.415. The smallest absolute Gasteiger partial charge is 0.303 e. The van der Waals surface area contributed by atoms with Gasteiger partial charge >= 0.3 is 5.97 Å². The highest BCUT2D eigenvalue weighted by atomic mass is 35.5. The van der Waals surface area contributed by atoms with Gasteiger partial charge in [0.05, 0.1) is 35.2 Å². The number of aryl methyl sites for hydroxylation is 2. The molecule has 4 aromatic rings. The Morgan fingerprint density at radius 1 is 1.05 bits per heavy atom. The number of likely N-dealkylation sites (tertiary alicyclic amines) is 1. The van der Waals surface area contributed by atoms with Gasteiger partial charge in [-0.15, -0.1) is 11.3 Å². The average Bonchev–Trinajstić information content (AvgIpc) is 3.82. The molecule has 286 valence electrons. The van der Waals surface area contributed by atoms with Crippen LogP contribution in [0.25, 0.3) is 20.7 Å². The zero-order valence-corrected chi connectivity index (χ0v) is 32.4. The summed E-state index contributed by atoms with van der Waals surface area (Å²) in [5.74, 6) is -5.60. The van der Waals surface area contributed by atoms with Gasteiger partial charge in [-0.05, 0) is 80.7 Å². The first kappa shape index (κ1) is 36.9. The number of para-hydroxylation sites is 1. The zero-order valence-electron chi connectivity index (χ0n) is 30.9. The lowest BCUT2D eigenvalue weighted by Gasteiger charge is -2.49. The molecule has 14 heteroatoms. The molecule has 4 amide bonds. The topological polar surface area (TPSA) is 159 Å². The second kappa shape index (κ2) is 13.6. The summed E-state index contributed by atoms with van der Waals surface area (Å²) in [7, 11) is 3.13.